The lowest BCUT2D eigenvalue weighted by atomic mass is 10.1. The largest absolute Gasteiger partial charge is 0.410 e. The van der Waals surface area contributed by atoms with Gasteiger partial charge in [-0.25, -0.2) is 0 Å². The number of amides is 1. The summed E-state index contributed by atoms with van der Waals surface area (Å²) in [6, 6.07) is 8.92. The Hall–Kier alpha value is -1.92. The fraction of sp³-hybridized carbons (Fsp3) is 0.467. The van der Waals surface area contributed by atoms with Gasteiger partial charge in [0.05, 0.1) is 13.2 Å². The summed E-state index contributed by atoms with van der Waals surface area (Å²) in [6.45, 7) is 4.94. The van der Waals surface area contributed by atoms with Crippen LogP contribution in [0.3, 0.4) is 0 Å². The summed E-state index contributed by atoms with van der Waals surface area (Å²) in [5.41, 5.74) is 0.646. The number of rotatable bonds is 6. The second-order valence-corrected chi connectivity index (χ2v) is 4.88. The lowest BCUT2D eigenvalue weighted by molar-refractivity contribution is -0.114. The highest BCUT2D eigenvalue weighted by Gasteiger charge is 2.14. The van der Waals surface area contributed by atoms with Crippen molar-refractivity contribution in [3.05, 3.63) is 35.9 Å². The summed E-state index contributed by atoms with van der Waals surface area (Å²) < 4.78 is 5.28. The lowest BCUT2D eigenvalue weighted by Crippen LogP contribution is -2.39. The van der Waals surface area contributed by atoms with Gasteiger partial charge < -0.3 is 15.3 Å². The average Bonchev–Trinajstić information content (AvgIpc) is 2.54. The van der Waals surface area contributed by atoms with E-state index in [2.05, 4.69) is 15.4 Å². The zero-order chi connectivity index (χ0) is 14.9. The van der Waals surface area contributed by atoms with Crippen LogP contribution in [0.25, 0.3) is 0 Å². The number of nitrogens with zero attached hydrogens (tertiary/aromatic N) is 2. The van der Waals surface area contributed by atoms with E-state index in [1.807, 2.05) is 6.07 Å². The number of nitrogens with one attached hydrogen (secondary N) is 1. The SMILES string of the molecule is O=C(NCCCN1CCOCC1)C(=NO)c1ccccc1. The van der Waals surface area contributed by atoms with Crippen molar-refractivity contribution in [2.45, 2.75) is 6.42 Å². The van der Waals surface area contributed by atoms with Gasteiger partial charge in [-0.3, -0.25) is 9.69 Å². The van der Waals surface area contributed by atoms with Crippen molar-refractivity contribution in [3.8, 4) is 0 Å². The lowest BCUT2D eigenvalue weighted by Gasteiger charge is -2.26. The normalized spacial score (nSPS) is 16.7. The third kappa shape index (κ3) is 4.84. The van der Waals surface area contributed by atoms with Gasteiger partial charge in [-0.05, 0) is 13.0 Å². The molecule has 114 valence electrons. The maximum absolute atomic E-state index is 12.0. The molecule has 6 nitrogen and oxygen atoms in total. The Bertz CT molecular complexity index is 470. The van der Waals surface area contributed by atoms with Crippen molar-refractivity contribution in [3.63, 3.8) is 0 Å². The van der Waals surface area contributed by atoms with Gasteiger partial charge in [0, 0.05) is 25.2 Å². The molecule has 6 heteroatoms. The van der Waals surface area contributed by atoms with E-state index in [0.717, 1.165) is 39.3 Å². The first-order valence-corrected chi connectivity index (χ1v) is 7.17. The Balaban J connectivity index is 1.73. The molecule has 0 spiro atoms. The van der Waals surface area contributed by atoms with E-state index in [4.69, 9.17) is 9.94 Å². The van der Waals surface area contributed by atoms with E-state index in [1.165, 1.54) is 0 Å². The van der Waals surface area contributed by atoms with Crippen molar-refractivity contribution in [1.82, 2.24) is 10.2 Å². The molecule has 1 aromatic rings. The van der Waals surface area contributed by atoms with Gasteiger partial charge in [-0.2, -0.15) is 0 Å². The van der Waals surface area contributed by atoms with Crippen molar-refractivity contribution in [1.29, 1.82) is 0 Å². The number of morpholine rings is 1. The molecule has 21 heavy (non-hydrogen) atoms. The molecule has 0 saturated carbocycles. The summed E-state index contributed by atoms with van der Waals surface area (Å²) in [5, 5.41) is 14.9. The maximum Gasteiger partial charge on any atom is 0.273 e. The molecule has 2 rings (SSSR count). The zero-order valence-corrected chi connectivity index (χ0v) is 12.0. The summed E-state index contributed by atoms with van der Waals surface area (Å²) >= 11 is 0. The van der Waals surface area contributed by atoms with Gasteiger partial charge in [0.1, 0.15) is 0 Å². The molecule has 1 saturated heterocycles. The van der Waals surface area contributed by atoms with Crippen LogP contribution in [0.1, 0.15) is 12.0 Å². The summed E-state index contributed by atoms with van der Waals surface area (Å²) in [5.74, 6) is -0.356. The second kappa shape index (κ2) is 8.39. The highest BCUT2D eigenvalue weighted by molar-refractivity contribution is 6.45. The molecule has 0 unspecified atom stereocenters. The van der Waals surface area contributed by atoms with Crippen LogP contribution in [-0.4, -0.2) is 61.1 Å². The predicted molar refractivity (Wildman–Crippen MR) is 79.7 cm³/mol. The van der Waals surface area contributed by atoms with Crippen LogP contribution < -0.4 is 5.32 Å². The fourth-order valence-electron chi connectivity index (χ4n) is 2.24. The van der Waals surface area contributed by atoms with Gasteiger partial charge in [0.25, 0.3) is 5.91 Å². The summed E-state index contributed by atoms with van der Waals surface area (Å²) in [6.07, 6.45) is 0.860. The Labute approximate surface area is 124 Å². The molecule has 1 amide bonds. The minimum atomic E-state index is -0.356. The van der Waals surface area contributed by atoms with Crippen LogP contribution in [0.2, 0.25) is 0 Å². The summed E-state index contributed by atoms with van der Waals surface area (Å²) in [7, 11) is 0. The minimum absolute atomic E-state index is 0.0435. The van der Waals surface area contributed by atoms with Gasteiger partial charge in [0.2, 0.25) is 0 Å². The van der Waals surface area contributed by atoms with E-state index in [1.54, 1.807) is 24.3 Å². The maximum atomic E-state index is 12.0. The number of carbonyl (C=O) groups is 1. The van der Waals surface area contributed by atoms with Crippen molar-refractivity contribution < 1.29 is 14.7 Å². The highest BCUT2D eigenvalue weighted by atomic mass is 16.5. The first-order valence-electron chi connectivity index (χ1n) is 7.17. The van der Waals surface area contributed by atoms with Crippen LogP contribution in [0.4, 0.5) is 0 Å². The van der Waals surface area contributed by atoms with Crippen molar-refractivity contribution >= 4 is 11.6 Å². The third-order valence-corrected chi connectivity index (χ3v) is 3.40. The molecule has 1 aromatic carbocycles. The van der Waals surface area contributed by atoms with Crippen LogP contribution in [0.5, 0.6) is 0 Å². The number of hydrogen-bond donors (Lipinski definition) is 2. The molecular formula is C15H21N3O3. The Morgan fingerprint density at radius 1 is 1.29 bits per heavy atom. The molecule has 0 atom stereocenters. The molecule has 1 aliphatic heterocycles. The molecule has 0 aliphatic carbocycles. The smallest absolute Gasteiger partial charge is 0.273 e. The standard InChI is InChI=1S/C15H21N3O3/c19-15(14(17-20)13-5-2-1-3-6-13)16-7-4-8-18-9-11-21-12-10-18/h1-3,5-6,20H,4,7-12H2,(H,16,19). The monoisotopic (exact) mass is 291 g/mol. The van der Waals surface area contributed by atoms with E-state index >= 15 is 0 Å². The number of carbonyl (C=O) groups excluding carboxylic acids is 1. The van der Waals surface area contributed by atoms with E-state index in [0.29, 0.717) is 12.1 Å². The molecule has 0 radical (unpaired) electrons. The van der Waals surface area contributed by atoms with Crippen molar-refractivity contribution in [2.75, 3.05) is 39.4 Å². The highest BCUT2D eigenvalue weighted by Crippen LogP contribution is 2.01. The van der Waals surface area contributed by atoms with Gasteiger partial charge in [-0.15, -0.1) is 0 Å². The predicted octanol–water partition coefficient (Wildman–Crippen LogP) is 0.703. The number of oxime groups is 1. The Morgan fingerprint density at radius 2 is 2.00 bits per heavy atom. The molecule has 1 aliphatic rings. The number of benzene rings is 1. The zero-order valence-electron chi connectivity index (χ0n) is 12.0. The Kier molecular flexibility index (Phi) is 6.18. The van der Waals surface area contributed by atoms with Crippen LogP contribution >= 0.6 is 0 Å². The van der Waals surface area contributed by atoms with Crippen LogP contribution in [0.15, 0.2) is 35.5 Å². The molecule has 0 bridgehead atoms. The fourth-order valence-corrected chi connectivity index (χ4v) is 2.24. The molecule has 1 heterocycles. The number of hydrogen-bond acceptors (Lipinski definition) is 5. The van der Waals surface area contributed by atoms with Crippen molar-refractivity contribution in [2.24, 2.45) is 5.16 Å². The van der Waals surface area contributed by atoms with Crippen LogP contribution in [-0.2, 0) is 9.53 Å². The van der Waals surface area contributed by atoms with E-state index in [-0.39, 0.29) is 11.6 Å². The second-order valence-electron chi connectivity index (χ2n) is 4.88. The first kappa shape index (κ1) is 15.5. The first-order chi connectivity index (χ1) is 10.3. The van der Waals surface area contributed by atoms with E-state index in [9.17, 15) is 4.79 Å². The molecule has 2 N–H and O–H groups in total. The molecular weight excluding hydrogens is 270 g/mol. The topological polar surface area (TPSA) is 74.2 Å². The quantitative estimate of drug-likeness (QED) is 0.350. The minimum Gasteiger partial charge on any atom is -0.410 e. The average molecular weight is 291 g/mol. The Morgan fingerprint density at radius 3 is 2.67 bits per heavy atom. The molecule has 0 aromatic heterocycles. The summed E-state index contributed by atoms with van der Waals surface area (Å²) in [4.78, 5) is 14.3. The van der Waals surface area contributed by atoms with Gasteiger partial charge in [-0.1, -0.05) is 35.5 Å². The van der Waals surface area contributed by atoms with Gasteiger partial charge in [0.15, 0.2) is 5.71 Å². The van der Waals surface area contributed by atoms with E-state index < -0.39 is 0 Å². The van der Waals surface area contributed by atoms with Crippen LogP contribution in [0, 0.1) is 0 Å². The third-order valence-electron chi connectivity index (χ3n) is 3.40. The van der Waals surface area contributed by atoms with Gasteiger partial charge >= 0.3 is 0 Å². The molecule has 1 fully saturated rings. The number of ether oxygens (including phenoxy) is 1.